The summed E-state index contributed by atoms with van der Waals surface area (Å²) in [6.45, 7) is 1.51. The molecule has 0 atom stereocenters. The summed E-state index contributed by atoms with van der Waals surface area (Å²) in [7, 11) is 4.06. The van der Waals surface area contributed by atoms with Crippen LogP contribution in [-0.4, -0.2) is 20.0 Å². The van der Waals surface area contributed by atoms with E-state index in [1.165, 1.54) is 18.2 Å². The molecule has 0 aliphatic rings. The predicted octanol–water partition coefficient (Wildman–Crippen LogP) is 3.38. The maximum Gasteiger partial charge on any atom is 0.221 e. The topological polar surface area (TPSA) is 32.3 Å². The number of hydrogen-bond acceptors (Lipinski definition) is 2. The van der Waals surface area contributed by atoms with E-state index in [0.717, 1.165) is 11.3 Å². The van der Waals surface area contributed by atoms with Crippen LogP contribution in [0.2, 0.25) is 0 Å². The van der Waals surface area contributed by atoms with E-state index in [0.29, 0.717) is 0 Å². The minimum atomic E-state index is -0.0542. The Morgan fingerprint density at radius 1 is 1.00 bits per heavy atom. The van der Waals surface area contributed by atoms with Crippen molar-refractivity contribution < 1.29 is 4.79 Å². The summed E-state index contributed by atoms with van der Waals surface area (Å²) in [5.41, 5.74) is 4.31. The van der Waals surface area contributed by atoms with Crippen LogP contribution in [0.25, 0.3) is 11.1 Å². The lowest BCUT2D eigenvalue weighted by Crippen LogP contribution is -2.09. The molecule has 0 unspecified atom stereocenters. The first kappa shape index (κ1) is 13.1. The number of hydrogen-bond donors (Lipinski definition) is 1. The van der Waals surface area contributed by atoms with Crippen molar-refractivity contribution in [3.8, 4) is 11.1 Å². The van der Waals surface area contributed by atoms with Gasteiger partial charge >= 0.3 is 0 Å². The first-order valence-electron chi connectivity index (χ1n) is 6.22. The number of carbonyl (C=O) groups is 1. The molecule has 2 aromatic rings. The van der Waals surface area contributed by atoms with Gasteiger partial charge in [-0.3, -0.25) is 4.79 Å². The molecule has 0 fully saturated rings. The van der Waals surface area contributed by atoms with Crippen LogP contribution in [0, 0.1) is 0 Å². The van der Waals surface area contributed by atoms with Crippen LogP contribution in [0.4, 0.5) is 11.4 Å². The van der Waals surface area contributed by atoms with Gasteiger partial charge in [0.25, 0.3) is 0 Å². The van der Waals surface area contributed by atoms with Gasteiger partial charge in [0.15, 0.2) is 0 Å². The normalized spacial score (nSPS) is 10.1. The molecule has 3 heteroatoms. The number of benzene rings is 2. The molecule has 0 heterocycles. The quantitative estimate of drug-likeness (QED) is 0.910. The SMILES string of the molecule is CC(=O)Nc1ccc(-c2ccccc2N(C)C)cc1. The van der Waals surface area contributed by atoms with Crippen LogP contribution < -0.4 is 10.2 Å². The lowest BCUT2D eigenvalue weighted by atomic mass is 10.0. The van der Waals surface area contributed by atoms with E-state index in [9.17, 15) is 4.79 Å². The molecule has 2 aromatic carbocycles. The fourth-order valence-electron chi connectivity index (χ4n) is 2.04. The van der Waals surface area contributed by atoms with Crippen LogP contribution in [0.15, 0.2) is 48.5 Å². The number of nitrogens with zero attached hydrogens (tertiary/aromatic N) is 1. The summed E-state index contributed by atoms with van der Waals surface area (Å²) < 4.78 is 0. The zero-order valence-corrected chi connectivity index (χ0v) is 11.5. The first-order valence-corrected chi connectivity index (χ1v) is 6.22. The predicted molar refractivity (Wildman–Crippen MR) is 80.5 cm³/mol. The third kappa shape index (κ3) is 3.13. The van der Waals surface area contributed by atoms with E-state index in [2.05, 4.69) is 22.3 Å². The Labute approximate surface area is 113 Å². The average Bonchev–Trinajstić information content (AvgIpc) is 2.39. The maximum atomic E-state index is 11.0. The highest BCUT2D eigenvalue weighted by Gasteiger charge is 2.06. The molecule has 1 amide bonds. The van der Waals surface area contributed by atoms with Crippen molar-refractivity contribution in [2.24, 2.45) is 0 Å². The Kier molecular flexibility index (Phi) is 3.85. The van der Waals surface area contributed by atoms with E-state index < -0.39 is 0 Å². The molecule has 0 saturated heterocycles. The Morgan fingerprint density at radius 2 is 1.63 bits per heavy atom. The molecule has 2 rings (SSSR count). The van der Waals surface area contributed by atoms with Gasteiger partial charge in [-0.25, -0.2) is 0 Å². The highest BCUT2D eigenvalue weighted by Crippen LogP contribution is 2.30. The summed E-state index contributed by atoms with van der Waals surface area (Å²) in [6.07, 6.45) is 0. The number of rotatable bonds is 3. The molecule has 0 aromatic heterocycles. The van der Waals surface area contributed by atoms with Gasteiger partial charge in [-0.1, -0.05) is 30.3 Å². The molecule has 0 aliphatic carbocycles. The fourth-order valence-corrected chi connectivity index (χ4v) is 2.04. The van der Waals surface area contributed by atoms with Gasteiger partial charge in [0, 0.05) is 38.0 Å². The molecular formula is C16H18N2O. The van der Waals surface area contributed by atoms with Crippen molar-refractivity contribution in [1.29, 1.82) is 0 Å². The number of amides is 1. The van der Waals surface area contributed by atoms with Crippen molar-refractivity contribution in [1.82, 2.24) is 0 Å². The van der Waals surface area contributed by atoms with Gasteiger partial charge in [-0.05, 0) is 23.8 Å². The second-order valence-corrected chi connectivity index (χ2v) is 4.67. The van der Waals surface area contributed by atoms with Crippen LogP contribution in [0.5, 0.6) is 0 Å². The Morgan fingerprint density at radius 3 is 2.21 bits per heavy atom. The molecule has 19 heavy (non-hydrogen) atoms. The summed E-state index contributed by atoms with van der Waals surface area (Å²) in [5.74, 6) is -0.0542. The summed E-state index contributed by atoms with van der Waals surface area (Å²) in [4.78, 5) is 13.1. The smallest absolute Gasteiger partial charge is 0.221 e. The summed E-state index contributed by atoms with van der Waals surface area (Å²) in [5, 5.41) is 2.77. The Balaban J connectivity index is 2.35. The summed E-state index contributed by atoms with van der Waals surface area (Å²) >= 11 is 0. The lowest BCUT2D eigenvalue weighted by Gasteiger charge is -2.17. The van der Waals surface area contributed by atoms with Crippen LogP contribution in [0.3, 0.4) is 0 Å². The maximum absolute atomic E-state index is 11.0. The van der Waals surface area contributed by atoms with Crippen LogP contribution in [-0.2, 0) is 4.79 Å². The molecule has 0 spiro atoms. The molecule has 1 N–H and O–H groups in total. The molecular weight excluding hydrogens is 236 g/mol. The number of para-hydroxylation sites is 1. The zero-order chi connectivity index (χ0) is 13.8. The largest absolute Gasteiger partial charge is 0.377 e. The van der Waals surface area contributed by atoms with Crippen LogP contribution in [0.1, 0.15) is 6.92 Å². The molecule has 0 aliphatic heterocycles. The molecule has 0 radical (unpaired) electrons. The Bertz CT molecular complexity index is 574. The first-order chi connectivity index (χ1) is 9.08. The van der Waals surface area contributed by atoms with E-state index in [-0.39, 0.29) is 5.91 Å². The Hall–Kier alpha value is -2.29. The zero-order valence-electron chi connectivity index (χ0n) is 11.5. The van der Waals surface area contributed by atoms with Crippen molar-refractivity contribution in [2.75, 3.05) is 24.3 Å². The summed E-state index contributed by atoms with van der Waals surface area (Å²) in [6, 6.07) is 16.1. The standard InChI is InChI=1S/C16H18N2O/c1-12(19)17-14-10-8-13(9-11-14)15-6-4-5-7-16(15)18(2)3/h4-11H,1-3H3,(H,17,19). The van der Waals surface area contributed by atoms with Gasteiger partial charge in [-0.15, -0.1) is 0 Å². The van der Waals surface area contributed by atoms with Gasteiger partial charge in [0.1, 0.15) is 0 Å². The number of carbonyl (C=O) groups excluding carboxylic acids is 1. The van der Waals surface area contributed by atoms with Crippen molar-refractivity contribution in [3.63, 3.8) is 0 Å². The van der Waals surface area contributed by atoms with E-state index in [4.69, 9.17) is 0 Å². The molecule has 3 nitrogen and oxygen atoms in total. The average molecular weight is 254 g/mol. The van der Waals surface area contributed by atoms with Gasteiger partial charge in [0.05, 0.1) is 0 Å². The number of anilines is 2. The van der Waals surface area contributed by atoms with Gasteiger partial charge < -0.3 is 10.2 Å². The third-order valence-corrected chi connectivity index (χ3v) is 2.90. The molecule has 0 saturated carbocycles. The second-order valence-electron chi connectivity index (χ2n) is 4.67. The monoisotopic (exact) mass is 254 g/mol. The van der Waals surface area contributed by atoms with Gasteiger partial charge in [0.2, 0.25) is 5.91 Å². The van der Waals surface area contributed by atoms with Crippen molar-refractivity contribution in [2.45, 2.75) is 6.92 Å². The van der Waals surface area contributed by atoms with E-state index in [1.54, 1.807) is 0 Å². The highest BCUT2D eigenvalue weighted by atomic mass is 16.1. The van der Waals surface area contributed by atoms with E-state index in [1.807, 2.05) is 50.5 Å². The number of nitrogens with one attached hydrogen (secondary N) is 1. The van der Waals surface area contributed by atoms with Crippen molar-refractivity contribution in [3.05, 3.63) is 48.5 Å². The second kappa shape index (κ2) is 5.57. The molecule has 98 valence electrons. The highest BCUT2D eigenvalue weighted by molar-refractivity contribution is 5.89. The minimum Gasteiger partial charge on any atom is -0.377 e. The van der Waals surface area contributed by atoms with Crippen LogP contribution >= 0.6 is 0 Å². The third-order valence-electron chi connectivity index (χ3n) is 2.90. The lowest BCUT2D eigenvalue weighted by molar-refractivity contribution is -0.114. The van der Waals surface area contributed by atoms with Crippen molar-refractivity contribution >= 4 is 17.3 Å². The van der Waals surface area contributed by atoms with E-state index >= 15 is 0 Å². The molecule has 0 bridgehead atoms. The van der Waals surface area contributed by atoms with Gasteiger partial charge in [-0.2, -0.15) is 0 Å². The fraction of sp³-hybridized carbons (Fsp3) is 0.188. The minimum absolute atomic E-state index is 0.0542.